The third-order valence-corrected chi connectivity index (χ3v) is 1.49. The van der Waals surface area contributed by atoms with Crippen molar-refractivity contribution in [3.05, 3.63) is 0 Å². The zero-order chi connectivity index (χ0) is 8.43. The van der Waals surface area contributed by atoms with E-state index in [1.165, 1.54) is 0 Å². The van der Waals surface area contributed by atoms with Crippen molar-refractivity contribution in [1.82, 2.24) is 4.90 Å². The molecule has 62 valence electrons. The lowest BCUT2D eigenvalue weighted by Crippen LogP contribution is -2.38. The first-order chi connectivity index (χ1) is 5.09. The van der Waals surface area contributed by atoms with Crippen LogP contribution in [0.15, 0.2) is 4.99 Å². The fourth-order valence-electron chi connectivity index (χ4n) is 1.07. The molecule has 0 amide bonds. The first-order valence-electron chi connectivity index (χ1n) is 3.39. The molecule has 0 aromatic carbocycles. The van der Waals surface area contributed by atoms with Crippen molar-refractivity contribution in [3.63, 3.8) is 0 Å². The molecule has 0 fully saturated rings. The van der Waals surface area contributed by atoms with E-state index in [4.69, 9.17) is 10.8 Å². The summed E-state index contributed by atoms with van der Waals surface area (Å²) in [6.07, 6.45) is 0. The van der Waals surface area contributed by atoms with Gasteiger partial charge in [0.2, 0.25) is 0 Å². The number of aliphatic imine (C=N–C) groups is 1. The van der Waals surface area contributed by atoms with Crippen LogP contribution in [0.25, 0.3) is 0 Å². The summed E-state index contributed by atoms with van der Waals surface area (Å²) in [7, 11) is 0. The van der Waals surface area contributed by atoms with Crippen LogP contribution in [0.2, 0.25) is 0 Å². The molecule has 5 nitrogen and oxygen atoms in total. The Hall–Kier alpha value is -1.26. The summed E-state index contributed by atoms with van der Waals surface area (Å²) in [6, 6.07) is 0.120. The Bertz CT molecular complexity index is 202. The summed E-state index contributed by atoms with van der Waals surface area (Å²) in [5.74, 6) is -0.544. The summed E-state index contributed by atoms with van der Waals surface area (Å²) in [4.78, 5) is 15.8. The number of carboxylic acid groups (broad SMARTS) is 1. The molecule has 0 aromatic rings. The van der Waals surface area contributed by atoms with E-state index < -0.39 is 5.97 Å². The fraction of sp³-hybridized carbons (Fsp3) is 0.667. The molecule has 5 heteroatoms. The van der Waals surface area contributed by atoms with Gasteiger partial charge in [0.25, 0.3) is 0 Å². The Kier molecular flexibility index (Phi) is 1.98. The molecule has 11 heavy (non-hydrogen) atoms. The number of nitrogens with two attached hydrogens (primary N) is 1. The highest BCUT2D eigenvalue weighted by atomic mass is 16.4. The van der Waals surface area contributed by atoms with Crippen LogP contribution in [0.1, 0.15) is 6.92 Å². The first-order valence-corrected chi connectivity index (χ1v) is 3.39. The number of carboxylic acids is 1. The largest absolute Gasteiger partial charge is 0.480 e. The van der Waals surface area contributed by atoms with Crippen LogP contribution in [0.4, 0.5) is 0 Å². The Labute approximate surface area is 64.5 Å². The van der Waals surface area contributed by atoms with Crippen LogP contribution >= 0.6 is 0 Å². The van der Waals surface area contributed by atoms with E-state index in [0.717, 1.165) is 0 Å². The quantitative estimate of drug-likeness (QED) is 0.544. The topological polar surface area (TPSA) is 78.9 Å². The molecule has 0 bridgehead atoms. The van der Waals surface area contributed by atoms with Crippen LogP contribution in [0.5, 0.6) is 0 Å². The lowest BCUT2D eigenvalue weighted by atomic mass is 10.3. The highest BCUT2D eigenvalue weighted by Crippen LogP contribution is 2.04. The molecule has 0 aromatic heterocycles. The second kappa shape index (κ2) is 2.77. The van der Waals surface area contributed by atoms with E-state index in [2.05, 4.69) is 4.99 Å². The van der Waals surface area contributed by atoms with Gasteiger partial charge in [-0.15, -0.1) is 0 Å². The van der Waals surface area contributed by atoms with E-state index in [-0.39, 0.29) is 12.6 Å². The number of hydrogen-bond donors (Lipinski definition) is 2. The number of guanidine groups is 1. The van der Waals surface area contributed by atoms with E-state index in [9.17, 15) is 4.79 Å². The average molecular weight is 157 g/mol. The summed E-state index contributed by atoms with van der Waals surface area (Å²) >= 11 is 0. The van der Waals surface area contributed by atoms with Gasteiger partial charge in [-0.1, -0.05) is 0 Å². The van der Waals surface area contributed by atoms with Crippen molar-refractivity contribution in [2.24, 2.45) is 10.7 Å². The zero-order valence-corrected chi connectivity index (χ0v) is 6.32. The molecule has 0 saturated heterocycles. The minimum Gasteiger partial charge on any atom is -0.480 e. The second-order valence-electron chi connectivity index (χ2n) is 2.61. The van der Waals surface area contributed by atoms with Crippen LogP contribution in [-0.2, 0) is 4.79 Å². The molecule has 1 unspecified atom stereocenters. The molecule has 1 atom stereocenters. The van der Waals surface area contributed by atoms with Crippen molar-refractivity contribution in [2.75, 3.05) is 13.1 Å². The molecule has 1 heterocycles. The smallest absolute Gasteiger partial charge is 0.323 e. The van der Waals surface area contributed by atoms with E-state index in [1.54, 1.807) is 4.90 Å². The average Bonchev–Trinajstić information content (AvgIpc) is 2.09. The standard InChI is InChI=1S/C6H11N3O2/c1-4-2-9(3-5(10)11)6(7)8-4/h4H,2-3H2,1H3,(H2,7,8)(H,10,11). The third kappa shape index (κ3) is 1.83. The van der Waals surface area contributed by atoms with E-state index >= 15 is 0 Å². The molecule has 0 aliphatic carbocycles. The molecular weight excluding hydrogens is 146 g/mol. The summed E-state index contributed by atoms with van der Waals surface area (Å²) in [5.41, 5.74) is 5.43. The normalized spacial score (nSPS) is 23.5. The number of nitrogens with zero attached hydrogens (tertiary/aromatic N) is 2. The number of carbonyl (C=O) groups is 1. The SMILES string of the molecule is CC1CN(CC(=O)O)C(N)=N1. The fourth-order valence-corrected chi connectivity index (χ4v) is 1.07. The Morgan fingerprint density at radius 1 is 2.00 bits per heavy atom. The van der Waals surface area contributed by atoms with Gasteiger partial charge in [-0.05, 0) is 6.92 Å². The maximum atomic E-state index is 10.3. The lowest BCUT2D eigenvalue weighted by molar-refractivity contribution is -0.137. The Balaban J connectivity index is 2.50. The van der Waals surface area contributed by atoms with Crippen molar-refractivity contribution in [2.45, 2.75) is 13.0 Å². The molecule has 3 N–H and O–H groups in total. The van der Waals surface area contributed by atoms with Gasteiger partial charge in [-0.3, -0.25) is 4.79 Å². The van der Waals surface area contributed by atoms with Crippen molar-refractivity contribution >= 4 is 11.9 Å². The van der Waals surface area contributed by atoms with Crippen LogP contribution in [0, 0.1) is 0 Å². The van der Waals surface area contributed by atoms with Crippen molar-refractivity contribution in [1.29, 1.82) is 0 Å². The summed E-state index contributed by atoms with van der Waals surface area (Å²) in [5, 5.41) is 8.43. The maximum absolute atomic E-state index is 10.3. The molecular formula is C6H11N3O2. The maximum Gasteiger partial charge on any atom is 0.323 e. The van der Waals surface area contributed by atoms with Gasteiger partial charge in [-0.25, -0.2) is 4.99 Å². The van der Waals surface area contributed by atoms with Gasteiger partial charge in [-0.2, -0.15) is 0 Å². The second-order valence-corrected chi connectivity index (χ2v) is 2.61. The first kappa shape index (κ1) is 7.84. The van der Waals surface area contributed by atoms with Crippen molar-refractivity contribution in [3.8, 4) is 0 Å². The van der Waals surface area contributed by atoms with Gasteiger partial charge >= 0.3 is 5.97 Å². The summed E-state index contributed by atoms with van der Waals surface area (Å²) < 4.78 is 0. The van der Waals surface area contributed by atoms with Gasteiger partial charge in [0.15, 0.2) is 5.96 Å². The lowest BCUT2D eigenvalue weighted by Gasteiger charge is -2.14. The number of rotatable bonds is 2. The predicted octanol–water partition coefficient (Wildman–Crippen LogP) is -0.910. The molecule has 1 aliphatic rings. The monoisotopic (exact) mass is 157 g/mol. The molecule has 0 spiro atoms. The van der Waals surface area contributed by atoms with Gasteiger partial charge in [0, 0.05) is 6.54 Å². The van der Waals surface area contributed by atoms with Gasteiger partial charge in [0.05, 0.1) is 6.04 Å². The van der Waals surface area contributed by atoms with E-state index in [1.807, 2.05) is 6.92 Å². The molecule has 1 rings (SSSR count). The highest BCUT2D eigenvalue weighted by molar-refractivity contribution is 5.84. The molecule has 0 radical (unpaired) electrons. The Morgan fingerprint density at radius 2 is 2.64 bits per heavy atom. The zero-order valence-electron chi connectivity index (χ0n) is 6.32. The number of aliphatic carboxylic acids is 1. The van der Waals surface area contributed by atoms with Gasteiger partial charge in [0.1, 0.15) is 6.54 Å². The van der Waals surface area contributed by atoms with Gasteiger partial charge < -0.3 is 15.7 Å². The van der Waals surface area contributed by atoms with Crippen LogP contribution in [-0.4, -0.2) is 41.1 Å². The Morgan fingerprint density at radius 3 is 3.00 bits per heavy atom. The minimum absolute atomic E-state index is 0.0559. The predicted molar refractivity (Wildman–Crippen MR) is 40.3 cm³/mol. The minimum atomic E-state index is -0.878. The van der Waals surface area contributed by atoms with Crippen LogP contribution in [0.3, 0.4) is 0 Å². The summed E-state index contributed by atoms with van der Waals surface area (Å²) in [6.45, 7) is 2.45. The molecule has 1 aliphatic heterocycles. The van der Waals surface area contributed by atoms with E-state index in [0.29, 0.717) is 12.5 Å². The van der Waals surface area contributed by atoms with Crippen molar-refractivity contribution < 1.29 is 9.90 Å². The number of hydrogen-bond acceptors (Lipinski definition) is 4. The van der Waals surface area contributed by atoms with Crippen LogP contribution < -0.4 is 5.73 Å². The third-order valence-electron chi connectivity index (χ3n) is 1.49. The molecule has 0 saturated carbocycles. The highest BCUT2D eigenvalue weighted by Gasteiger charge is 2.20.